The van der Waals surface area contributed by atoms with Crippen LogP contribution in [-0.2, 0) is 19.6 Å². The Hall–Kier alpha value is -2.08. The Morgan fingerprint density at radius 2 is 1.85 bits per heavy atom. The quantitative estimate of drug-likeness (QED) is 0.464. The van der Waals surface area contributed by atoms with Crippen molar-refractivity contribution in [2.75, 3.05) is 5.75 Å². The van der Waals surface area contributed by atoms with Gasteiger partial charge in [-0.15, -0.1) is 0 Å². The summed E-state index contributed by atoms with van der Waals surface area (Å²) in [6.45, 7) is 0.630. The van der Waals surface area contributed by atoms with Gasteiger partial charge in [-0.05, 0) is 36.2 Å². The van der Waals surface area contributed by atoms with Gasteiger partial charge in [0.1, 0.15) is 0 Å². The second-order valence-corrected chi connectivity index (χ2v) is 7.18. The molecule has 0 atom stereocenters. The zero-order valence-corrected chi connectivity index (χ0v) is 15.7. The average molecular weight is 387 g/mol. The Kier molecular flexibility index (Phi) is 6.50. The van der Waals surface area contributed by atoms with Gasteiger partial charge in [-0.2, -0.15) is 0 Å². The number of aryl methyl sites for hydroxylation is 1. The van der Waals surface area contributed by atoms with E-state index < -0.39 is 0 Å². The van der Waals surface area contributed by atoms with Crippen LogP contribution in [0.3, 0.4) is 0 Å². The van der Waals surface area contributed by atoms with Crippen molar-refractivity contribution in [3.63, 3.8) is 0 Å². The SMILES string of the molecule is O=C(CSc1ncc(CO)n1CCc1ccccc1)c1ccc(Cl)cc1. The molecule has 3 rings (SSSR count). The third kappa shape index (κ3) is 4.75. The van der Waals surface area contributed by atoms with Crippen LogP contribution in [0.4, 0.5) is 0 Å². The van der Waals surface area contributed by atoms with Crippen LogP contribution in [0.25, 0.3) is 0 Å². The normalized spacial score (nSPS) is 10.8. The van der Waals surface area contributed by atoms with Crippen LogP contribution in [0.5, 0.6) is 0 Å². The highest BCUT2D eigenvalue weighted by molar-refractivity contribution is 7.99. The molecule has 0 aliphatic rings. The number of rotatable bonds is 8. The minimum atomic E-state index is -0.0759. The maximum Gasteiger partial charge on any atom is 0.173 e. The third-order valence-electron chi connectivity index (χ3n) is 4.03. The van der Waals surface area contributed by atoms with E-state index in [1.54, 1.807) is 30.5 Å². The lowest BCUT2D eigenvalue weighted by Crippen LogP contribution is -2.09. The first-order valence-electron chi connectivity index (χ1n) is 8.28. The molecule has 2 aromatic carbocycles. The van der Waals surface area contributed by atoms with Crippen LogP contribution >= 0.6 is 23.4 Å². The molecular formula is C20H19ClN2O2S. The van der Waals surface area contributed by atoms with E-state index in [1.165, 1.54) is 17.3 Å². The molecule has 134 valence electrons. The third-order valence-corrected chi connectivity index (χ3v) is 5.27. The Balaban J connectivity index is 1.66. The number of carbonyl (C=O) groups is 1. The van der Waals surface area contributed by atoms with Crippen LogP contribution in [0, 0.1) is 0 Å². The first-order chi connectivity index (χ1) is 12.7. The molecule has 0 radical (unpaired) electrons. The lowest BCUT2D eigenvalue weighted by molar-refractivity contribution is 0.102. The molecule has 0 aliphatic carbocycles. The van der Waals surface area contributed by atoms with Crippen LogP contribution < -0.4 is 0 Å². The second kappa shape index (κ2) is 9.03. The van der Waals surface area contributed by atoms with Gasteiger partial charge < -0.3 is 9.67 Å². The summed E-state index contributed by atoms with van der Waals surface area (Å²) >= 11 is 7.24. The molecule has 0 saturated heterocycles. The number of halogens is 1. The second-order valence-electron chi connectivity index (χ2n) is 5.80. The van der Waals surface area contributed by atoms with Crippen molar-refractivity contribution < 1.29 is 9.90 Å². The number of ketones is 1. The van der Waals surface area contributed by atoms with Gasteiger partial charge in [0.2, 0.25) is 0 Å². The number of aliphatic hydroxyl groups is 1. The fraction of sp³-hybridized carbons (Fsp3) is 0.200. The van der Waals surface area contributed by atoms with Gasteiger partial charge in [-0.1, -0.05) is 53.7 Å². The lowest BCUT2D eigenvalue weighted by Gasteiger charge is -2.10. The predicted molar refractivity (Wildman–Crippen MR) is 105 cm³/mol. The number of Topliss-reactive ketones (excluding diaryl/α,β-unsaturated/α-hetero) is 1. The first-order valence-corrected chi connectivity index (χ1v) is 9.64. The van der Waals surface area contributed by atoms with Crippen LogP contribution in [0.2, 0.25) is 5.02 Å². The summed E-state index contributed by atoms with van der Waals surface area (Å²) in [6, 6.07) is 17.0. The van der Waals surface area contributed by atoms with E-state index in [-0.39, 0.29) is 18.1 Å². The van der Waals surface area contributed by atoms with Crippen molar-refractivity contribution in [2.45, 2.75) is 24.7 Å². The Bertz CT molecular complexity index is 863. The maximum absolute atomic E-state index is 12.3. The lowest BCUT2D eigenvalue weighted by atomic mass is 10.1. The maximum atomic E-state index is 12.3. The number of benzene rings is 2. The highest BCUT2D eigenvalue weighted by Crippen LogP contribution is 2.21. The summed E-state index contributed by atoms with van der Waals surface area (Å²) in [4.78, 5) is 16.7. The van der Waals surface area contributed by atoms with E-state index >= 15 is 0 Å². The van der Waals surface area contributed by atoms with E-state index in [2.05, 4.69) is 17.1 Å². The van der Waals surface area contributed by atoms with Gasteiger partial charge >= 0.3 is 0 Å². The van der Waals surface area contributed by atoms with Crippen LogP contribution in [0.15, 0.2) is 66.0 Å². The Morgan fingerprint density at radius 1 is 1.12 bits per heavy atom. The zero-order chi connectivity index (χ0) is 18.4. The molecule has 3 aromatic rings. The molecule has 4 nitrogen and oxygen atoms in total. The van der Waals surface area contributed by atoms with Gasteiger partial charge in [0.25, 0.3) is 0 Å². The van der Waals surface area contributed by atoms with Gasteiger partial charge in [0.05, 0.1) is 24.3 Å². The van der Waals surface area contributed by atoms with E-state index in [0.717, 1.165) is 17.3 Å². The van der Waals surface area contributed by atoms with Gasteiger partial charge in [0.15, 0.2) is 10.9 Å². The summed E-state index contributed by atoms with van der Waals surface area (Å²) in [6.07, 6.45) is 2.50. The standard InChI is InChI=1S/C20H19ClN2O2S/c21-17-8-6-16(7-9-17)19(25)14-26-20-22-12-18(13-24)23(20)11-10-15-4-2-1-3-5-15/h1-9,12,24H,10-11,13-14H2. The molecule has 0 saturated carbocycles. The fourth-order valence-corrected chi connectivity index (χ4v) is 3.65. The molecule has 0 amide bonds. The molecule has 0 fully saturated rings. The predicted octanol–water partition coefficient (Wildman–Crippen LogP) is 4.25. The molecule has 0 spiro atoms. The fourth-order valence-electron chi connectivity index (χ4n) is 2.61. The van der Waals surface area contributed by atoms with E-state index in [1.807, 2.05) is 22.8 Å². The number of aromatic nitrogens is 2. The highest BCUT2D eigenvalue weighted by Gasteiger charge is 2.13. The number of imidazole rings is 1. The molecule has 1 heterocycles. The Morgan fingerprint density at radius 3 is 2.54 bits per heavy atom. The van der Waals surface area contributed by atoms with E-state index in [9.17, 15) is 9.90 Å². The molecule has 6 heteroatoms. The van der Waals surface area contributed by atoms with Gasteiger partial charge in [0, 0.05) is 17.1 Å². The molecule has 26 heavy (non-hydrogen) atoms. The van der Waals surface area contributed by atoms with Crippen molar-refractivity contribution in [3.8, 4) is 0 Å². The van der Waals surface area contributed by atoms with Crippen molar-refractivity contribution in [3.05, 3.63) is 82.6 Å². The van der Waals surface area contributed by atoms with Crippen molar-refractivity contribution >= 4 is 29.1 Å². The molecule has 0 unspecified atom stereocenters. The molecule has 1 aromatic heterocycles. The number of hydrogen-bond donors (Lipinski definition) is 1. The summed E-state index contributed by atoms with van der Waals surface area (Å²) in [5.74, 6) is 0.310. The van der Waals surface area contributed by atoms with Gasteiger partial charge in [-0.25, -0.2) is 4.98 Å². The van der Waals surface area contributed by atoms with Crippen LogP contribution in [0.1, 0.15) is 21.6 Å². The average Bonchev–Trinajstić information content (AvgIpc) is 3.07. The molecule has 1 N–H and O–H groups in total. The number of thioether (sulfide) groups is 1. The first kappa shape index (κ1) is 18.7. The number of carbonyl (C=O) groups excluding carboxylic acids is 1. The summed E-state index contributed by atoms with van der Waals surface area (Å²) in [7, 11) is 0. The summed E-state index contributed by atoms with van der Waals surface area (Å²) in [5, 5.41) is 10.9. The number of hydrogen-bond acceptors (Lipinski definition) is 4. The smallest absolute Gasteiger partial charge is 0.173 e. The molecule has 0 bridgehead atoms. The largest absolute Gasteiger partial charge is 0.390 e. The summed E-state index contributed by atoms with van der Waals surface area (Å²) < 4.78 is 1.98. The van der Waals surface area contributed by atoms with Crippen molar-refractivity contribution in [2.24, 2.45) is 0 Å². The topological polar surface area (TPSA) is 55.1 Å². The number of nitrogens with zero attached hydrogens (tertiary/aromatic N) is 2. The molecular weight excluding hydrogens is 368 g/mol. The minimum absolute atomic E-state index is 0.0230. The minimum Gasteiger partial charge on any atom is -0.390 e. The monoisotopic (exact) mass is 386 g/mol. The molecule has 0 aliphatic heterocycles. The highest BCUT2D eigenvalue weighted by atomic mass is 35.5. The van der Waals surface area contributed by atoms with E-state index in [0.29, 0.717) is 17.1 Å². The summed E-state index contributed by atoms with van der Waals surface area (Å²) in [5.41, 5.74) is 2.60. The zero-order valence-electron chi connectivity index (χ0n) is 14.1. The Labute approximate surface area is 161 Å². The van der Waals surface area contributed by atoms with Crippen molar-refractivity contribution in [1.82, 2.24) is 9.55 Å². The van der Waals surface area contributed by atoms with Crippen LogP contribution in [-0.4, -0.2) is 26.2 Å². The van der Waals surface area contributed by atoms with E-state index in [4.69, 9.17) is 11.6 Å². The van der Waals surface area contributed by atoms with Crippen molar-refractivity contribution in [1.29, 1.82) is 0 Å². The number of aliphatic hydroxyl groups excluding tert-OH is 1. The van der Waals surface area contributed by atoms with Gasteiger partial charge in [-0.3, -0.25) is 4.79 Å².